The third-order valence-electron chi connectivity index (χ3n) is 7.51. The normalized spacial score (nSPS) is 14.3. The Labute approximate surface area is 243 Å². The van der Waals surface area contributed by atoms with E-state index in [2.05, 4.69) is 5.32 Å². The highest BCUT2D eigenvalue weighted by atomic mass is 32.2. The van der Waals surface area contributed by atoms with Gasteiger partial charge in [-0.05, 0) is 56.0 Å². The lowest BCUT2D eigenvalue weighted by atomic mass is 10.1. The zero-order chi connectivity index (χ0) is 29.4. The monoisotopic (exact) mass is 577 g/mol. The van der Waals surface area contributed by atoms with Gasteiger partial charge in [-0.15, -0.1) is 0 Å². The number of rotatable bonds is 12. The van der Waals surface area contributed by atoms with Crippen LogP contribution in [0, 0.1) is 6.92 Å². The standard InChI is InChI=1S/C32H39N3O5S/c1-4-30(32(37)33-26-13-8-9-14-26)34(22-25-11-6-5-7-12-25)31(36)23-35(27-15-10-16-28(21-27)40-3)41(38,39)29-19-17-24(2)18-20-29/h5-7,10-12,15-21,26,30H,4,8-9,13-14,22-23H2,1-3H3,(H,33,37)/t30-/m1/s1. The second-order valence-electron chi connectivity index (χ2n) is 10.4. The van der Waals surface area contributed by atoms with E-state index in [9.17, 15) is 18.0 Å². The Morgan fingerprint density at radius 1 is 0.976 bits per heavy atom. The van der Waals surface area contributed by atoms with Crippen LogP contribution in [-0.4, -0.2) is 50.9 Å². The number of anilines is 1. The topological polar surface area (TPSA) is 96.0 Å². The number of hydrogen-bond donors (Lipinski definition) is 1. The molecule has 1 fully saturated rings. The van der Waals surface area contributed by atoms with Crippen molar-refractivity contribution in [2.45, 2.75) is 69.5 Å². The van der Waals surface area contributed by atoms with Crippen LogP contribution in [0.4, 0.5) is 5.69 Å². The fourth-order valence-corrected chi connectivity index (χ4v) is 6.60. The molecule has 0 aliphatic heterocycles. The van der Waals surface area contributed by atoms with Crippen LogP contribution in [0.2, 0.25) is 0 Å². The zero-order valence-electron chi connectivity index (χ0n) is 24.0. The number of aryl methyl sites for hydroxylation is 1. The van der Waals surface area contributed by atoms with Crippen LogP contribution >= 0.6 is 0 Å². The van der Waals surface area contributed by atoms with Crippen LogP contribution in [0.25, 0.3) is 0 Å². The van der Waals surface area contributed by atoms with Crippen LogP contribution in [-0.2, 0) is 26.2 Å². The molecule has 9 heteroatoms. The number of methoxy groups -OCH3 is 1. The predicted octanol–water partition coefficient (Wildman–Crippen LogP) is 5.07. The van der Waals surface area contributed by atoms with Crippen molar-refractivity contribution < 1.29 is 22.7 Å². The van der Waals surface area contributed by atoms with E-state index in [-0.39, 0.29) is 23.4 Å². The van der Waals surface area contributed by atoms with Crippen molar-refractivity contribution in [1.29, 1.82) is 0 Å². The second-order valence-corrected chi connectivity index (χ2v) is 12.3. The Hall–Kier alpha value is -3.85. The molecule has 4 rings (SSSR count). The summed E-state index contributed by atoms with van der Waals surface area (Å²) in [6.45, 7) is 3.44. The maximum atomic E-state index is 14.2. The van der Waals surface area contributed by atoms with E-state index in [0.717, 1.165) is 41.1 Å². The largest absolute Gasteiger partial charge is 0.497 e. The molecule has 8 nitrogen and oxygen atoms in total. The Kier molecular flexibility index (Phi) is 10.0. The number of nitrogens with one attached hydrogen (secondary N) is 1. The summed E-state index contributed by atoms with van der Waals surface area (Å²) < 4.78 is 34.4. The fourth-order valence-electron chi connectivity index (χ4n) is 5.20. The highest BCUT2D eigenvalue weighted by Crippen LogP contribution is 2.28. The average Bonchev–Trinajstić information content (AvgIpc) is 3.49. The summed E-state index contributed by atoms with van der Waals surface area (Å²) in [5.74, 6) is -0.221. The minimum absolute atomic E-state index is 0.0688. The molecule has 1 aliphatic rings. The maximum Gasteiger partial charge on any atom is 0.264 e. The Bertz CT molecular complexity index is 1420. The van der Waals surface area contributed by atoms with Crippen molar-refractivity contribution in [2.75, 3.05) is 18.0 Å². The number of sulfonamides is 1. The molecular formula is C32H39N3O5S. The molecule has 3 aromatic carbocycles. The van der Waals surface area contributed by atoms with Gasteiger partial charge in [0.1, 0.15) is 18.3 Å². The first-order valence-corrected chi connectivity index (χ1v) is 15.5. The minimum Gasteiger partial charge on any atom is -0.497 e. The van der Waals surface area contributed by atoms with Gasteiger partial charge in [-0.1, -0.05) is 73.9 Å². The number of carbonyl (C=O) groups excluding carboxylic acids is 2. The maximum absolute atomic E-state index is 14.2. The van der Waals surface area contributed by atoms with Gasteiger partial charge in [-0.2, -0.15) is 0 Å². The van der Waals surface area contributed by atoms with Crippen molar-refractivity contribution in [1.82, 2.24) is 10.2 Å². The predicted molar refractivity (Wildman–Crippen MR) is 160 cm³/mol. The Morgan fingerprint density at radius 2 is 1.66 bits per heavy atom. The number of ether oxygens (including phenoxy) is 1. The fraction of sp³-hybridized carbons (Fsp3) is 0.375. The van der Waals surface area contributed by atoms with Crippen molar-refractivity contribution in [3.8, 4) is 5.75 Å². The molecule has 1 atom stereocenters. The number of carbonyl (C=O) groups is 2. The molecule has 0 heterocycles. The van der Waals surface area contributed by atoms with Gasteiger partial charge < -0.3 is 15.0 Å². The van der Waals surface area contributed by atoms with Gasteiger partial charge in [-0.3, -0.25) is 13.9 Å². The highest BCUT2D eigenvalue weighted by molar-refractivity contribution is 7.92. The number of amides is 2. The molecule has 0 radical (unpaired) electrons. The highest BCUT2D eigenvalue weighted by Gasteiger charge is 2.34. The van der Waals surface area contributed by atoms with E-state index in [1.54, 1.807) is 36.4 Å². The lowest BCUT2D eigenvalue weighted by Crippen LogP contribution is -2.53. The Balaban J connectivity index is 1.71. The van der Waals surface area contributed by atoms with Crippen LogP contribution in [0.15, 0.2) is 83.8 Å². The first-order valence-electron chi connectivity index (χ1n) is 14.1. The van der Waals surface area contributed by atoms with E-state index in [1.807, 2.05) is 44.2 Å². The molecule has 0 unspecified atom stereocenters. The van der Waals surface area contributed by atoms with Gasteiger partial charge in [0, 0.05) is 18.7 Å². The van der Waals surface area contributed by atoms with E-state index in [0.29, 0.717) is 17.9 Å². The van der Waals surface area contributed by atoms with Crippen LogP contribution in [0.3, 0.4) is 0 Å². The molecule has 3 aromatic rings. The van der Waals surface area contributed by atoms with Gasteiger partial charge in [0.25, 0.3) is 10.0 Å². The van der Waals surface area contributed by atoms with Crippen LogP contribution in [0.1, 0.15) is 50.2 Å². The molecule has 41 heavy (non-hydrogen) atoms. The summed E-state index contributed by atoms with van der Waals surface area (Å²) >= 11 is 0. The van der Waals surface area contributed by atoms with Gasteiger partial charge in [0.15, 0.2) is 0 Å². The van der Waals surface area contributed by atoms with E-state index in [1.165, 1.54) is 24.1 Å². The van der Waals surface area contributed by atoms with Crippen molar-refractivity contribution in [3.05, 3.63) is 90.0 Å². The van der Waals surface area contributed by atoms with E-state index in [4.69, 9.17) is 4.74 Å². The summed E-state index contributed by atoms with van der Waals surface area (Å²) in [6, 6.07) is 21.9. The molecule has 0 bridgehead atoms. The Morgan fingerprint density at radius 3 is 2.29 bits per heavy atom. The third-order valence-corrected chi connectivity index (χ3v) is 9.30. The SMILES string of the molecule is CC[C@H](C(=O)NC1CCCC1)N(Cc1ccccc1)C(=O)CN(c1cccc(OC)c1)S(=O)(=O)c1ccc(C)cc1. The smallest absolute Gasteiger partial charge is 0.264 e. The van der Waals surface area contributed by atoms with Crippen molar-refractivity contribution >= 4 is 27.5 Å². The number of nitrogens with zero attached hydrogens (tertiary/aromatic N) is 2. The first kappa shape index (κ1) is 30.1. The quantitative estimate of drug-likeness (QED) is 0.325. The van der Waals surface area contributed by atoms with Crippen molar-refractivity contribution in [3.63, 3.8) is 0 Å². The molecule has 1 N–H and O–H groups in total. The summed E-state index contributed by atoms with van der Waals surface area (Å²) in [7, 11) is -2.64. The van der Waals surface area contributed by atoms with Gasteiger partial charge >= 0.3 is 0 Å². The molecule has 2 amide bonds. The summed E-state index contributed by atoms with van der Waals surface area (Å²) in [4.78, 5) is 29.3. The molecular weight excluding hydrogens is 538 g/mol. The average molecular weight is 578 g/mol. The van der Waals surface area contributed by atoms with Gasteiger partial charge in [0.05, 0.1) is 17.7 Å². The second kappa shape index (κ2) is 13.7. The molecule has 1 aliphatic carbocycles. The van der Waals surface area contributed by atoms with Crippen LogP contribution in [0.5, 0.6) is 5.75 Å². The molecule has 0 saturated heterocycles. The molecule has 0 spiro atoms. The van der Waals surface area contributed by atoms with E-state index < -0.39 is 28.5 Å². The van der Waals surface area contributed by atoms with Crippen molar-refractivity contribution in [2.24, 2.45) is 0 Å². The van der Waals surface area contributed by atoms with Gasteiger partial charge in [-0.25, -0.2) is 8.42 Å². The third kappa shape index (κ3) is 7.47. The lowest BCUT2D eigenvalue weighted by Gasteiger charge is -2.33. The summed E-state index contributed by atoms with van der Waals surface area (Å²) in [5.41, 5.74) is 2.06. The molecule has 0 aromatic heterocycles. The molecule has 218 valence electrons. The number of hydrogen-bond acceptors (Lipinski definition) is 5. The van der Waals surface area contributed by atoms with Crippen LogP contribution < -0.4 is 14.4 Å². The summed E-state index contributed by atoms with van der Waals surface area (Å²) in [5, 5.41) is 3.13. The minimum atomic E-state index is -4.14. The van der Waals surface area contributed by atoms with E-state index >= 15 is 0 Å². The van der Waals surface area contributed by atoms with Gasteiger partial charge in [0.2, 0.25) is 11.8 Å². The number of benzene rings is 3. The zero-order valence-corrected chi connectivity index (χ0v) is 24.8. The summed E-state index contributed by atoms with van der Waals surface area (Å²) in [6.07, 6.45) is 4.38. The first-order chi connectivity index (χ1) is 19.7. The molecule has 1 saturated carbocycles. The lowest BCUT2D eigenvalue weighted by molar-refractivity contribution is -0.140.